The Morgan fingerprint density at radius 1 is 1.33 bits per heavy atom. The van der Waals surface area contributed by atoms with Gasteiger partial charge in [-0.3, -0.25) is 0 Å². The SMILES string of the molecule is CC[C@@H](N)c1ccc(OCCC(C)(C)C#N)cc1. The van der Waals surface area contributed by atoms with E-state index in [0.29, 0.717) is 6.61 Å². The van der Waals surface area contributed by atoms with Crippen molar-refractivity contribution in [2.24, 2.45) is 11.1 Å². The van der Waals surface area contributed by atoms with Gasteiger partial charge in [-0.2, -0.15) is 5.26 Å². The first-order valence-corrected chi connectivity index (χ1v) is 6.38. The molecule has 0 aliphatic rings. The molecule has 0 saturated heterocycles. The smallest absolute Gasteiger partial charge is 0.119 e. The molecular weight excluding hydrogens is 224 g/mol. The molecule has 0 spiro atoms. The maximum Gasteiger partial charge on any atom is 0.119 e. The molecule has 98 valence electrons. The molecule has 3 nitrogen and oxygen atoms in total. The maximum absolute atomic E-state index is 8.90. The molecule has 3 heteroatoms. The minimum atomic E-state index is -0.329. The standard InChI is InChI=1S/C15H22N2O/c1-4-14(17)12-5-7-13(8-6-12)18-10-9-15(2,3)11-16/h5-8,14H,4,9-10,17H2,1-3H3/t14-/m1/s1. The van der Waals surface area contributed by atoms with Crippen LogP contribution in [0.25, 0.3) is 0 Å². The molecule has 18 heavy (non-hydrogen) atoms. The van der Waals surface area contributed by atoms with Crippen molar-refractivity contribution in [3.05, 3.63) is 29.8 Å². The Kier molecular flexibility index (Phi) is 5.18. The Hall–Kier alpha value is -1.53. The number of ether oxygens (including phenoxy) is 1. The average molecular weight is 246 g/mol. The van der Waals surface area contributed by atoms with Crippen molar-refractivity contribution >= 4 is 0 Å². The van der Waals surface area contributed by atoms with E-state index < -0.39 is 0 Å². The largest absolute Gasteiger partial charge is 0.494 e. The summed E-state index contributed by atoms with van der Waals surface area (Å²) in [5.74, 6) is 0.829. The lowest BCUT2D eigenvalue weighted by molar-refractivity contribution is 0.264. The number of rotatable bonds is 6. The number of hydrogen-bond donors (Lipinski definition) is 1. The Morgan fingerprint density at radius 3 is 2.44 bits per heavy atom. The van der Waals surface area contributed by atoms with Crippen molar-refractivity contribution in [2.75, 3.05) is 6.61 Å². The fourth-order valence-electron chi connectivity index (χ4n) is 1.53. The van der Waals surface area contributed by atoms with E-state index in [1.165, 1.54) is 0 Å². The molecule has 0 bridgehead atoms. The zero-order valence-electron chi connectivity index (χ0n) is 11.4. The fourth-order valence-corrected chi connectivity index (χ4v) is 1.53. The van der Waals surface area contributed by atoms with Crippen molar-refractivity contribution in [1.82, 2.24) is 0 Å². The highest BCUT2D eigenvalue weighted by Gasteiger charge is 2.16. The van der Waals surface area contributed by atoms with Gasteiger partial charge in [0.05, 0.1) is 18.1 Å². The molecule has 1 rings (SSSR count). The van der Waals surface area contributed by atoms with Crippen LogP contribution in [0.15, 0.2) is 24.3 Å². The van der Waals surface area contributed by atoms with Crippen molar-refractivity contribution in [2.45, 2.75) is 39.7 Å². The first-order chi connectivity index (χ1) is 8.48. The van der Waals surface area contributed by atoms with Crippen LogP contribution < -0.4 is 10.5 Å². The van der Waals surface area contributed by atoms with Crippen LogP contribution in [0.5, 0.6) is 5.75 Å². The van der Waals surface area contributed by atoms with Crippen LogP contribution in [0.4, 0.5) is 0 Å². The quantitative estimate of drug-likeness (QED) is 0.836. The summed E-state index contributed by atoms with van der Waals surface area (Å²) in [6.07, 6.45) is 1.65. The predicted octanol–water partition coefficient (Wildman–Crippen LogP) is 3.42. The second-order valence-electron chi connectivity index (χ2n) is 5.18. The first-order valence-electron chi connectivity index (χ1n) is 6.38. The van der Waals surface area contributed by atoms with Crippen molar-refractivity contribution in [3.8, 4) is 11.8 Å². The summed E-state index contributed by atoms with van der Waals surface area (Å²) in [5.41, 5.74) is 6.74. The van der Waals surface area contributed by atoms with E-state index in [2.05, 4.69) is 13.0 Å². The number of benzene rings is 1. The van der Waals surface area contributed by atoms with Crippen molar-refractivity contribution in [1.29, 1.82) is 5.26 Å². The van der Waals surface area contributed by atoms with Crippen molar-refractivity contribution in [3.63, 3.8) is 0 Å². The molecule has 0 fully saturated rings. The Morgan fingerprint density at radius 2 is 1.94 bits per heavy atom. The van der Waals surface area contributed by atoms with Gasteiger partial charge in [-0.05, 0) is 44.4 Å². The van der Waals surface area contributed by atoms with Crippen LogP contribution in [-0.2, 0) is 0 Å². The zero-order valence-corrected chi connectivity index (χ0v) is 11.4. The number of nitrogens with two attached hydrogens (primary N) is 1. The zero-order chi connectivity index (χ0) is 13.6. The van der Waals surface area contributed by atoms with Crippen LogP contribution in [0.2, 0.25) is 0 Å². The third-order valence-electron chi connectivity index (χ3n) is 3.05. The van der Waals surface area contributed by atoms with E-state index in [1.807, 2.05) is 38.1 Å². The molecule has 0 unspecified atom stereocenters. The molecule has 1 aromatic carbocycles. The molecule has 1 aromatic rings. The van der Waals surface area contributed by atoms with Gasteiger partial charge < -0.3 is 10.5 Å². The van der Waals surface area contributed by atoms with Gasteiger partial charge in [0.15, 0.2) is 0 Å². The lowest BCUT2D eigenvalue weighted by Crippen LogP contribution is -2.13. The molecule has 0 aromatic heterocycles. The predicted molar refractivity (Wildman–Crippen MR) is 73.2 cm³/mol. The number of nitrogens with zero attached hydrogens (tertiary/aromatic N) is 1. The van der Waals surface area contributed by atoms with Crippen LogP contribution in [0.3, 0.4) is 0 Å². The molecule has 0 saturated carbocycles. The average Bonchev–Trinajstić information content (AvgIpc) is 2.38. The summed E-state index contributed by atoms with van der Waals surface area (Å²) in [6.45, 7) is 6.46. The summed E-state index contributed by atoms with van der Waals surface area (Å²) in [4.78, 5) is 0. The maximum atomic E-state index is 8.90. The van der Waals surface area contributed by atoms with Crippen LogP contribution >= 0.6 is 0 Å². The summed E-state index contributed by atoms with van der Waals surface area (Å²) in [5, 5.41) is 8.90. The molecule has 0 heterocycles. The highest BCUT2D eigenvalue weighted by molar-refractivity contribution is 5.28. The lowest BCUT2D eigenvalue weighted by atomic mass is 9.92. The molecule has 1 atom stereocenters. The van der Waals surface area contributed by atoms with Gasteiger partial charge in [0, 0.05) is 6.04 Å². The van der Waals surface area contributed by atoms with Crippen LogP contribution in [-0.4, -0.2) is 6.61 Å². The monoisotopic (exact) mass is 246 g/mol. The molecule has 2 N–H and O–H groups in total. The molecule has 0 amide bonds. The summed E-state index contributed by atoms with van der Waals surface area (Å²) < 4.78 is 5.62. The lowest BCUT2D eigenvalue weighted by Gasteiger charge is -2.15. The van der Waals surface area contributed by atoms with Gasteiger partial charge in [-0.1, -0.05) is 19.1 Å². The highest BCUT2D eigenvalue weighted by atomic mass is 16.5. The van der Waals surface area contributed by atoms with E-state index in [4.69, 9.17) is 15.7 Å². The normalized spacial score (nSPS) is 12.8. The van der Waals surface area contributed by atoms with E-state index in [0.717, 1.165) is 24.2 Å². The molecular formula is C15H22N2O. The van der Waals surface area contributed by atoms with Crippen molar-refractivity contribution < 1.29 is 4.74 Å². The third kappa shape index (κ3) is 4.38. The first kappa shape index (κ1) is 14.5. The van der Waals surface area contributed by atoms with Crippen LogP contribution in [0, 0.1) is 16.7 Å². The molecule has 0 aliphatic carbocycles. The number of nitriles is 1. The minimum Gasteiger partial charge on any atom is -0.494 e. The highest BCUT2D eigenvalue weighted by Crippen LogP contribution is 2.21. The molecule has 0 aliphatic heterocycles. The Bertz CT molecular complexity index is 403. The minimum absolute atomic E-state index is 0.0940. The topological polar surface area (TPSA) is 59.0 Å². The van der Waals surface area contributed by atoms with Gasteiger partial charge in [0.25, 0.3) is 0 Å². The second kappa shape index (κ2) is 6.42. The summed E-state index contributed by atoms with van der Waals surface area (Å²) in [6, 6.07) is 10.2. The number of hydrogen-bond acceptors (Lipinski definition) is 3. The van der Waals surface area contributed by atoms with Gasteiger partial charge in [0.2, 0.25) is 0 Å². The summed E-state index contributed by atoms with van der Waals surface area (Å²) >= 11 is 0. The van der Waals surface area contributed by atoms with E-state index >= 15 is 0 Å². The Balaban J connectivity index is 2.48. The van der Waals surface area contributed by atoms with Crippen LogP contribution in [0.1, 0.15) is 45.2 Å². The molecule has 0 radical (unpaired) electrons. The summed E-state index contributed by atoms with van der Waals surface area (Å²) in [7, 11) is 0. The van der Waals surface area contributed by atoms with E-state index in [1.54, 1.807) is 0 Å². The van der Waals surface area contributed by atoms with E-state index in [-0.39, 0.29) is 11.5 Å². The fraction of sp³-hybridized carbons (Fsp3) is 0.533. The van der Waals surface area contributed by atoms with E-state index in [9.17, 15) is 0 Å². The van der Waals surface area contributed by atoms with Gasteiger partial charge >= 0.3 is 0 Å². The Labute approximate surface area is 110 Å². The van der Waals surface area contributed by atoms with Gasteiger partial charge in [0.1, 0.15) is 5.75 Å². The van der Waals surface area contributed by atoms with Gasteiger partial charge in [-0.15, -0.1) is 0 Å². The third-order valence-corrected chi connectivity index (χ3v) is 3.05. The second-order valence-corrected chi connectivity index (χ2v) is 5.18. The van der Waals surface area contributed by atoms with Gasteiger partial charge in [-0.25, -0.2) is 0 Å².